The Morgan fingerprint density at radius 1 is 0.857 bits per heavy atom. The highest BCUT2D eigenvalue weighted by molar-refractivity contribution is 5.73. The second-order valence-electron chi connectivity index (χ2n) is 5.56. The molecule has 0 spiro atoms. The smallest absolute Gasteiger partial charge is 0.332 e. The van der Waals surface area contributed by atoms with E-state index in [-0.39, 0.29) is 19.1 Å². The van der Waals surface area contributed by atoms with Gasteiger partial charge in [-0.2, -0.15) is 0 Å². The molecule has 0 fully saturated rings. The first-order valence-electron chi connectivity index (χ1n) is 7.95. The minimum atomic E-state index is -0.451. The third kappa shape index (κ3) is 15.1. The van der Waals surface area contributed by atoms with Crippen molar-refractivity contribution in [3.8, 4) is 0 Å². The fraction of sp³-hybridized carbons (Fsp3) is 0.875. The fourth-order valence-electron chi connectivity index (χ4n) is 1.63. The van der Waals surface area contributed by atoms with Crippen molar-refractivity contribution in [1.82, 2.24) is 0 Å². The predicted molar refractivity (Wildman–Crippen MR) is 81.0 cm³/mol. The van der Waals surface area contributed by atoms with Gasteiger partial charge in [0.15, 0.2) is 0 Å². The Morgan fingerprint density at radius 2 is 1.43 bits per heavy atom. The van der Waals surface area contributed by atoms with Gasteiger partial charge in [0.1, 0.15) is 13.2 Å². The summed E-state index contributed by atoms with van der Waals surface area (Å²) in [5.74, 6) is -0.594. The van der Waals surface area contributed by atoms with E-state index in [1.165, 1.54) is 25.7 Å². The maximum absolute atomic E-state index is 11.3. The van der Waals surface area contributed by atoms with Crippen LogP contribution in [0.4, 0.5) is 0 Å². The Balaban J connectivity index is 3.36. The molecule has 5 nitrogen and oxygen atoms in total. The second kappa shape index (κ2) is 13.9. The van der Waals surface area contributed by atoms with Gasteiger partial charge >= 0.3 is 11.9 Å². The van der Waals surface area contributed by atoms with Crippen LogP contribution in [0.25, 0.3) is 0 Å². The first-order valence-corrected chi connectivity index (χ1v) is 7.95. The van der Waals surface area contributed by atoms with Crippen LogP contribution in [0.1, 0.15) is 59.3 Å². The third-order valence-corrected chi connectivity index (χ3v) is 2.78. The van der Waals surface area contributed by atoms with Gasteiger partial charge in [0, 0.05) is 0 Å². The molecule has 0 unspecified atom stereocenters. The summed E-state index contributed by atoms with van der Waals surface area (Å²) in [6, 6.07) is 0. The highest BCUT2D eigenvalue weighted by Crippen LogP contribution is 2.04. The summed E-state index contributed by atoms with van der Waals surface area (Å²) in [5, 5.41) is 0. The van der Waals surface area contributed by atoms with Crippen LogP contribution in [-0.4, -0.2) is 38.4 Å². The molecule has 0 aliphatic carbocycles. The molecule has 0 aromatic heterocycles. The van der Waals surface area contributed by atoms with Gasteiger partial charge in [-0.15, -0.1) is 0 Å². The van der Waals surface area contributed by atoms with E-state index < -0.39 is 11.9 Å². The molecule has 0 aromatic rings. The van der Waals surface area contributed by atoms with Crippen LogP contribution >= 0.6 is 0 Å². The molecule has 0 radical (unpaired) electrons. The average molecular weight is 302 g/mol. The monoisotopic (exact) mass is 302 g/mol. The molecule has 0 aliphatic heterocycles. The van der Waals surface area contributed by atoms with Crippen LogP contribution < -0.4 is 0 Å². The standard InChI is InChI=1S/C16H30O5/c1-4-5-6-7-8-9-10-20-15(17)12-19-13-16(18)21-11-14(2)3/h14H,4-13H2,1-3H3. The largest absolute Gasteiger partial charge is 0.464 e. The second-order valence-corrected chi connectivity index (χ2v) is 5.56. The van der Waals surface area contributed by atoms with Crippen molar-refractivity contribution in [2.45, 2.75) is 59.3 Å². The van der Waals surface area contributed by atoms with E-state index in [9.17, 15) is 9.59 Å². The highest BCUT2D eigenvalue weighted by Gasteiger charge is 2.08. The number of esters is 2. The molecule has 0 saturated heterocycles. The van der Waals surface area contributed by atoms with Crippen LogP contribution in [0.2, 0.25) is 0 Å². The summed E-state index contributed by atoms with van der Waals surface area (Å²) in [6.45, 7) is 6.46. The summed E-state index contributed by atoms with van der Waals surface area (Å²) in [7, 11) is 0. The summed E-state index contributed by atoms with van der Waals surface area (Å²) in [6.07, 6.45) is 6.88. The van der Waals surface area contributed by atoms with E-state index in [0.717, 1.165) is 12.8 Å². The van der Waals surface area contributed by atoms with Crippen LogP contribution in [0.15, 0.2) is 0 Å². The fourth-order valence-corrected chi connectivity index (χ4v) is 1.63. The van der Waals surface area contributed by atoms with Gasteiger partial charge < -0.3 is 14.2 Å². The Kier molecular flexibility index (Phi) is 13.1. The van der Waals surface area contributed by atoms with Crippen molar-refractivity contribution < 1.29 is 23.8 Å². The molecule has 0 aromatic carbocycles. The summed E-state index contributed by atoms with van der Waals surface area (Å²) in [4.78, 5) is 22.5. The first-order chi connectivity index (χ1) is 10.1. The average Bonchev–Trinajstić information content (AvgIpc) is 2.44. The van der Waals surface area contributed by atoms with Crippen LogP contribution in [-0.2, 0) is 23.8 Å². The normalized spacial score (nSPS) is 10.7. The maximum atomic E-state index is 11.3. The number of carbonyl (C=O) groups is 2. The zero-order chi connectivity index (χ0) is 15.9. The zero-order valence-corrected chi connectivity index (χ0v) is 13.7. The number of ether oxygens (including phenoxy) is 3. The van der Waals surface area contributed by atoms with Gasteiger partial charge in [0.25, 0.3) is 0 Å². The van der Waals surface area contributed by atoms with Gasteiger partial charge in [-0.1, -0.05) is 52.9 Å². The lowest BCUT2D eigenvalue weighted by atomic mass is 10.1. The molecule has 0 amide bonds. The van der Waals surface area contributed by atoms with E-state index >= 15 is 0 Å². The number of rotatable bonds is 13. The third-order valence-electron chi connectivity index (χ3n) is 2.78. The van der Waals surface area contributed by atoms with Crippen LogP contribution in [0, 0.1) is 5.92 Å². The quantitative estimate of drug-likeness (QED) is 0.386. The molecule has 124 valence electrons. The van der Waals surface area contributed by atoms with Crippen molar-refractivity contribution in [3.63, 3.8) is 0 Å². The van der Waals surface area contributed by atoms with E-state index in [4.69, 9.17) is 14.2 Å². The topological polar surface area (TPSA) is 61.8 Å². The molecule has 5 heteroatoms. The number of hydrogen-bond acceptors (Lipinski definition) is 5. The molecular weight excluding hydrogens is 272 g/mol. The maximum Gasteiger partial charge on any atom is 0.332 e. The van der Waals surface area contributed by atoms with Gasteiger partial charge in [-0.05, 0) is 12.3 Å². The lowest BCUT2D eigenvalue weighted by molar-refractivity contribution is -0.156. The number of hydrogen-bond donors (Lipinski definition) is 0. The van der Waals surface area contributed by atoms with Gasteiger partial charge in [-0.3, -0.25) is 0 Å². The summed E-state index contributed by atoms with van der Waals surface area (Å²) < 4.78 is 14.9. The molecule has 0 N–H and O–H groups in total. The Bertz CT molecular complexity index is 276. The number of carbonyl (C=O) groups excluding carboxylic acids is 2. The first kappa shape index (κ1) is 19.9. The van der Waals surface area contributed by atoms with Gasteiger partial charge in [-0.25, -0.2) is 9.59 Å². The highest BCUT2D eigenvalue weighted by atomic mass is 16.6. The molecule has 0 saturated carbocycles. The van der Waals surface area contributed by atoms with E-state index in [1.807, 2.05) is 13.8 Å². The molecule has 0 atom stereocenters. The van der Waals surface area contributed by atoms with Crippen molar-refractivity contribution in [1.29, 1.82) is 0 Å². The minimum absolute atomic E-state index is 0.202. The lowest BCUT2D eigenvalue weighted by Crippen LogP contribution is -2.20. The lowest BCUT2D eigenvalue weighted by Gasteiger charge is -2.08. The van der Waals surface area contributed by atoms with Gasteiger partial charge in [0.2, 0.25) is 0 Å². The van der Waals surface area contributed by atoms with E-state index in [2.05, 4.69) is 6.92 Å². The Morgan fingerprint density at radius 3 is 2.05 bits per heavy atom. The molecule has 0 aliphatic rings. The Labute approximate surface area is 128 Å². The minimum Gasteiger partial charge on any atom is -0.464 e. The van der Waals surface area contributed by atoms with Crippen molar-refractivity contribution in [2.24, 2.45) is 5.92 Å². The SMILES string of the molecule is CCCCCCCCOC(=O)COCC(=O)OCC(C)C. The van der Waals surface area contributed by atoms with Crippen molar-refractivity contribution >= 4 is 11.9 Å². The molecular formula is C16H30O5. The number of unbranched alkanes of at least 4 members (excludes halogenated alkanes) is 5. The van der Waals surface area contributed by atoms with Crippen molar-refractivity contribution in [2.75, 3.05) is 26.4 Å². The van der Waals surface area contributed by atoms with E-state index in [1.54, 1.807) is 0 Å². The Hall–Kier alpha value is -1.10. The molecule has 0 heterocycles. The molecule has 21 heavy (non-hydrogen) atoms. The summed E-state index contributed by atoms with van der Waals surface area (Å²) in [5.41, 5.74) is 0. The molecule has 0 bridgehead atoms. The van der Waals surface area contributed by atoms with E-state index in [0.29, 0.717) is 13.2 Å². The van der Waals surface area contributed by atoms with Crippen LogP contribution in [0.3, 0.4) is 0 Å². The molecule has 0 rings (SSSR count). The van der Waals surface area contributed by atoms with Crippen molar-refractivity contribution in [3.05, 3.63) is 0 Å². The predicted octanol–water partition coefficient (Wildman–Crippen LogP) is 3.11. The summed E-state index contributed by atoms with van der Waals surface area (Å²) >= 11 is 0. The van der Waals surface area contributed by atoms with Crippen LogP contribution in [0.5, 0.6) is 0 Å². The van der Waals surface area contributed by atoms with Gasteiger partial charge in [0.05, 0.1) is 13.2 Å². The zero-order valence-electron chi connectivity index (χ0n) is 13.7.